The Morgan fingerprint density at radius 2 is 1.30 bits per heavy atom. The number of anilines is 1. The Bertz CT molecular complexity index is 1220. The number of nitrogens with one attached hydrogen (secondary N) is 1. The van der Waals surface area contributed by atoms with Crippen LogP contribution in [0, 0.1) is 6.92 Å². The Hall–Kier alpha value is -3.40. The number of hydrogen-bond donors (Lipinski definition) is 2. The first-order valence-corrected chi connectivity index (χ1v) is 11.4. The average Bonchev–Trinajstić information content (AvgIpc) is 2.78. The van der Waals surface area contributed by atoms with Gasteiger partial charge in [0.25, 0.3) is 5.91 Å². The lowest BCUT2D eigenvalue weighted by atomic mass is 9.62. The van der Waals surface area contributed by atoms with Crippen molar-refractivity contribution < 1.29 is 14.7 Å². The summed E-state index contributed by atoms with van der Waals surface area (Å²) < 4.78 is 0. The maximum absolute atomic E-state index is 13.4. The molecule has 0 unspecified atom stereocenters. The molecule has 33 heavy (non-hydrogen) atoms. The summed E-state index contributed by atoms with van der Waals surface area (Å²) in [5.74, 6) is -0.158. The third-order valence-corrected chi connectivity index (χ3v) is 6.98. The van der Waals surface area contributed by atoms with Crippen molar-refractivity contribution in [3.05, 3.63) is 94.0 Å². The van der Waals surface area contributed by atoms with Crippen LogP contribution in [0.25, 0.3) is 0 Å². The zero-order valence-electron chi connectivity index (χ0n) is 20.0. The number of ketones is 1. The number of phenolic OH excluding ortho intramolecular Hbond substituents is 1. The normalized spacial score (nSPS) is 16.0. The first-order valence-electron chi connectivity index (χ1n) is 11.4. The van der Waals surface area contributed by atoms with Crippen LogP contribution in [0.15, 0.2) is 60.7 Å². The molecule has 0 aliphatic heterocycles. The Morgan fingerprint density at radius 3 is 1.88 bits per heavy atom. The van der Waals surface area contributed by atoms with Gasteiger partial charge in [-0.1, -0.05) is 45.9 Å². The summed E-state index contributed by atoms with van der Waals surface area (Å²) in [6.45, 7) is 11.1. The van der Waals surface area contributed by atoms with Crippen LogP contribution in [0.3, 0.4) is 0 Å². The molecule has 0 saturated heterocycles. The molecule has 0 fully saturated rings. The van der Waals surface area contributed by atoms with Gasteiger partial charge in [0.15, 0.2) is 5.78 Å². The third kappa shape index (κ3) is 4.43. The fourth-order valence-electron chi connectivity index (χ4n) is 4.64. The van der Waals surface area contributed by atoms with Crippen LogP contribution in [0.1, 0.15) is 83.5 Å². The molecule has 0 spiro atoms. The van der Waals surface area contributed by atoms with Gasteiger partial charge >= 0.3 is 0 Å². The second-order valence-corrected chi connectivity index (χ2v) is 10.4. The fourth-order valence-corrected chi connectivity index (χ4v) is 4.64. The molecule has 1 aliphatic rings. The van der Waals surface area contributed by atoms with E-state index in [9.17, 15) is 14.7 Å². The highest BCUT2D eigenvalue weighted by molar-refractivity contribution is 6.11. The SMILES string of the molecule is Cc1cc2c(cc1C(=O)c1ccc(C(=O)Nc3ccc(O)cc3)cc1)C(C)(C)CCC2(C)C. The van der Waals surface area contributed by atoms with E-state index in [0.29, 0.717) is 16.8 Å². The Kier molecular flexibility index (Phi) is 5.65. The topological polar surface area (TPSA) is 66.4 Å². The van der Waals surface area contributed by atoms with E-state index < -0.39 is 0 Å². The van der Waals surface area contributed by atoms with E-state index in [4.69, 9.17) is 0 Å². The van der Waals surface area contributed by atoms with Crippen LogP contribution in [0.4, 0.5) is 5.69 Å². The van der Waals surface area contributed by atoms with Crippen LogP contribution in [-0.2, 0) is 10.8 Å². The van der Waals surface area contributed by atoms with E-state index in [1.165, 1.54) is 23.3 Å². The number of hydrogen-bond acceptors (Lipinski definition) is 3. The van der Waals surface area contributed by atoms with Gasteiger partial charge < -0.3 is 10.4 Å². The van der Waals surface area contributed by atoms with Gasteiger partial charge in [0.2, 0.25) is 0 Å². The molecule has 4 nitrogen and oxygen atoms in total. The summed E-state index contributed by atoms with van der Waals surface area (Å²) in [5.41, 5.74) is 6.06. The lowest BCUT2D eigenvalue weighted by Gasteiger charge is -2.42. The van der Waals surface area contributed by atoms with Crippen molar-refractivity contribution in [3.63, 3.8) is 0 Å². The predicted octanol–water partition coefficient (Wildman–Crippen LogP) is 6.53. The number of amides is 1. The second-order valence-electron chi connectivity index (χ2n) is 10.4. The van der Waals surface area contributed by atoms with Gasteiger partial charge in [-0.15, -0.1) is 0 Å². The molecule has 4 heteroatoms. The van der Waals surface area contributed by atoms with Gasteiger partial charge in [0, 0.05) is 22.4 Å². The monoisotopic (exact) mass is 441 g/mol. The highest BCUT2D eigenvalue weighted by Gasteiger charge is 2.37. The van der Waals surface area contributed by atoms with E-state index in [1.54, 1.807) is 36.4 Å². The Morgan fingerprint density at radius 1 is 0.788 bits per heavy atom. The van der Waals surface area contributed by atoms with Gasteiger partial charge in [-0.05, 0) is 89.8 Å². The number of aromatic hydroxyl groups is 1. The first-order chi connectivity index (χ1) is 15.5. The van der Waals surface area contributed by atoms with Crippen molar-refractivity contribution >= 4 is 17.4 Å². The molecule has 0 radical (unpaired) electrons. The zero-order valence-corrected chi connectivity index (χ0v) is 20.0. The summed E-state index contributed by atoms with van der Waals surface area (Å²) in [4.78, 5) is 25.9. The van der Waals surface area contributed by atoms with Crippen molar-refractivity contribution in [2.45, 2.75) is 58.3 Å². The summed E-state index contributed by atoms with van der Waals surface area (Å²) >= 11 is 0. The molecule has 170 valence electrons. The quantitative estimate of drug-likeness (QED) is 0.357. The second kappa shape index (κ2) is 8.18. The number of phenols is 1. The molecule has 0 saturated carbocycles. The minimum atomic E-state index is -0.270. The molecular weight excluding hydrogens is 410 g/mol. The van der Waals surface area contributed by atoms with E-state index >= 15 is 0 Å². The predicted molar refractivity (Wildman–Crippen MR) is 132 cm³/mol. The number of carbonyl (C=O) groups is 2. The van der Waals surface area contributed by atoms with Gasteiger partial charge in [-0.2, -0.15) is 0 Å². The molecule has 3 aromatic rings. The van der Waals surface area contributed by atoms with Crippen LogP contribution >= 0.6 is 0 Å². The number of rotatable bonds is 4. The van der Waals surface area contributed by atoms with Crippen molar-refractivity contribution in [2.75, 3.05) is 5.32 Å². The summed E-state index contributed by atoms with van der Waals surface area (Å²) in [6.07, 6.45) is 2.22. The largest absolute Gasteiger partial charge is 0.508 e. The molecule has 0 aromatic heterocycles. The fraction of sp³-hybridized carbons (Fsp3) is 0.310. The summed E-state index contributed by atoms with van der Waals surface area (Å²) in [6, 6.07) is 17.3. The number of benzene rings is 3. The molecule has 3 aromatic carbocycles. The van der Waals surface area contributed by atoms with E-state index in [0.717, 1.165) is 24.0 Å². The molecule has 0 atom stereocenters. The van der Waals surface area contributed by atoms with Crippen LogP contribution < -0.4 is 5.32 Å². The molecule has 4 rings (SSSR count). The lowest BCUT2D eigenvalue weighted by molar-refractivity contribution is 0.101. The van der Waals surface area contributed by atoms with Crippen molar-refractivity contribution in [2.24, 2.45) is 0 Å². The van der Waals surface area contributed by atoms with Gasteiger partial charge in [-0.3, -0.25) is 9.59 Å². The molecule has 1 amide bonds. The summed E-state index contributed by atoms with van der Waals surface area (Å²) in [7, 11) is 0. The van der Waals surface area contributed by atoms with Crippen LogP contribution in [0.5, 0.6) is 5.75 Å². The molecular formula is C29H31NO3. The van der Waals surface area contributed by atoms with Crippen LogP contribution in [0.2, 0.25) is 0 Å². The third-order valence-electron chi connectivity index (χ3n) is 6.98. The van der Waals surface area contributed by atoms with E-state index in [-0.39, 0.29) is 28.3 Å². The smallest absolute Gasteiger partial charge is 0.255 e. The van der Waals surface area contributed by atoms with E-state index in [2.05, 4.69) is 45.1 Å². The minimum absolute atomic E-state index is 0.0278. The van der Waals surface area contributed by atoms with Crippen molar-refractivity contribution in [1.82, 2.24) is 0 Å². The maximum atomic E-state index is 13.4. The van der Waals surface area contributed by atoms with Gasteiger partial charge in [0.1, 0.15) is 5.75 Å². The Labute approximate surface area is 195 Å². The maximum Gasteiger partial charge on any atom is 0.255 e. The van der Waals surface area contributed by atoms with Crippen molar-refractivity contribution in [1.29, 1.82) is 0 Å². The minimum Gasteiger partial charge on any atom is -0.508 e. The number of carbonyl (C=O) groups excluding carboxylic acids is 2. The number of fused-ring (bicyclic) bond motifs is 1. The van der Waals surface area contributed by atoms with Gasteiger partial charge in [-0.25, -0.2) is 0 Å². The Balaban J connectivity index is 1.60. The molecule has 0 bridgehead atoms. The first kappa shape index (κ1) is 22.8. The van der Waals surface area contributed by atoms with Crippen molar-refractivity contribution in [3.8, 4) is 5.75 Å². The molecule has 1 aliphatic carbocycles. The summed E-state index contributed by atoms with van der Waals surface area (Å²) in [5, 5.41) is 12.2. The lowest BCUT2D eigenvalue weighted by Crippen LogP contribution is -2.34. The number of aryl methyl sites for hydroxylation is 1. The highest BCUT2D eigenvalue weighted by atomic mass is 16.3. The van der Waals surface area contributed by atoms with Crippen LogP contribution in [-0.4, -0.2) is 16.8 Å². The standard InChI is InChI=1S/C29H31NO3/c1-18-16-24-25(29(4,5)15-14-28(24,2)3)17-23(18)26(32)19-6-8-20(9-7-19)27(33)30-21-10-12-22(31)13-11-21/h6-13,16-17,31H,14-15H2,1-5H3,(H,30,33). The average molecular weight is 442 g/mol. The molecule has 2 N–H and O–H groups in total. The van der Waals surface area contributed by atoms with E-state index in [1.807, 2.05) is 6.92 Å². The highest BCUT2D eigenvalue weighted by Crippen LogP contribution is 2.46. The van der Waals surface area contributed by atoms with Gasteiger partial charge in [0.05, 0.1) is 0 Å². The molecule has 0 heterocycles. The zero-order chi connectivity index (χ0) is 24.0.